The van der Waals surface area contributed by atoms with Gasteiger partial charge in [-0.25, -0.2) is 0 Å². The molecule has 37 heavy (non-hydrogen) atoms. The third-order valence-electron chi connectivity index (χ3n) is 6.80. The molecule has 0 unspecified atom stereocenters. The average Bonchev–Trinajstić information content (AvgIpc) is 2.99. The van der Waals surface area contributed by atoms with E-state index < -0.39 is 0 Å². The molecule has 6 rings (SSSR count). The van der Waals surface area contributed by atoms with Crippen LogP contribution in [0.25, 0.3) is 44.5 Å². The van der Waals surface area contributed by atoms with E-state index in [1.165, 1.54) is 55.6 Å². The molecule has 0 heteroatoms. The van der Waals surface area contributed by atoms with Crippen LogP contribution in [-0.4, -0.2) is 0 Å². The van der Waals surface area contributed by atoms with Gasteiger partial charge in [0.15, 0.2) is 0 Å². The molecule has 0 saturated heterocycles. The van der Waals surface area contributed by atoms with Gasteiger partial charge in [0.25, 0.3) is 0 Å². The molecule has 0 saturated carbocycles. The maximum absolute atomic E-state index is 2.35. The highest BCUT2D eigenvalue weighted by Gasteiger charge is 2.17. The quantitative estimate of drug-likeness (QED) is 0.227. The third kappa shape index (κ3) is 4.75. The summed E-state index contributed by atoms with van der Waals surface area (Å²) in [5, 5.41) is 0. The molecule has 0 aromatic heterocycles. The third-order valence-corrected chi connectivity index (χ3v) is 6.80. The molecule has 0 aliphatic heterocycles. The predicted molar refractivity (Wildman–Crippen MR) is 157 cm³/mol. The van der Waals surface area contributed by atoms with E-state index >= 15 is 0 Å². The lowest BCUT2D eigenvalue weighted by Crippen LogP contribution is -1.97. The van der Waals surface area contributed by atoms with Crippen molar-refractivity contribution < 1.29 is 0 Å². The molecular weight excluding hydrogens is 444 g/mol. The molecule has 0 amide bonds. The van der Waals surface area contributed by atoms with Crippen LogP contribution in [0.3, 0.4) is 0 Å². The second-order valence-electron chi connectivity index (χ2n) is 9.15. The van der Waals surface area contributed by atoms with Crippen LogP contribution >= 0.6 is 0 Å². The second-order valence-corrected chi connectivity index (χ2v) is 9.15. The molecule has 0 heterocycles. The van der Waals surface area contributed by atoms with E-state index in [-0.39, 0.29) is 0 Å². The first-order chi connectivity index (χ1) is 18.4. The van der Waals surface area contributed by atoms with Crippen LogP contribution in [0, 0.1) is 6.42 Å². The second kappa shape index (κ2) is 10.5. The lowest BCUT2D eigenvalue weighted by atomic mass is 9.84. The molecule has 6 aromatic rings. The minimum absolute atomic E-state index is 1.20. The zero-order valence-electron chi connectivity index (χ0n) is 20.6. The Hall–Kier alpha value is -4.68. The molecule has 0 atom stereocenters. The molecule has 0 aliphatic carbocycles. The lowest BCUT2D eigenvalue weighted by molar-refractivity contribution is 1.41. The van der Waals surface area contributed by atoms with Crippen molar-refractivity contribution in [3.63, 3.8) is 0 Å². The Bertz CT molecular complexity index is 1480. The van der Waals surface area contributed by atoms with E-state index in [0.29, 0.717) is 0 Å². The van der Waals surface area contributed by atoms with E-state index in [1.54, 1.807) is 0 Å². The summed E-state index contributed by atoms with van der Waals surface area (Å²) < 4.78 is 0. The Morgan fingerprint density at radius 2 is 0.595 bits per heavy atom. The van der Waals surface area contributed by atoms with Gasteiger partial charge in [-0.05, 0) is 55.6 Å². The Labute approximate surface area is 219 Å². The average molecular weight is 472 g/mol. The Balaban J connectivity index is 1.56. The van der Waals surface area contributed by atoms with E-state index in [1.807, 2.05) is 0 Å². The summed E-state index contributed by atoms with van der Waals surface area (Å²) in [5.41, 5.74) is 12.3. The van der Waals surface area contributed by atoms with Gasteiger partial charge in [-0.2, -0.15) is 0 Å². The van der Waals surface area contributed by atoms with Crippen LogP contribution < -0.4 is 0 Å². The fourth-order valence-electron chi connectivity index (χ4n) is 5.12. The Morgan fingerprint density at radius 3 is 0.946 bits per heavy atom. The summed E-state index contributed by atoms with van der Waals surface area (Å²) in [4.78, 5) is 0. The van der Waals surface area contributed by atoms with Gasteiger partial charge in [-0.15, -0.1) is 0 Å². The van der Waals surface area contributed by atoms with Crippen molar-refractivity contribution >= 4 is 0 Å². The van der Waals surface area contributed by atoms with Gasteiger partial charge in [0.2, 0.25) is 0 Å². The van der Waals surface area contributed by atoms with Gasteiger partial charge in [0.1, 0.15) is 0 Å². The minimum Gasteiger partial charge on any atom is -0.0622 e. The topological polar surface area (TPSA) is 0 Å². The van der Waals surface area contributed by atoms with Crippen molar-refractivity contribution in [2.24, 2.45) is 0 Å². The maximum atomic E-state index is 2.35. The lowest BCUT2D eigenvalue weighted by Gasteiger charge is -2.19. The summed E-state index contributed by atoms with van der Waals surface area (Å²) in [7, 11) is 0. The van der Waals surface area contributed by atoms with Crippen LogP contribution in [0.2, 0.25) is 0 Å². The Morgan fingerprint density at radius 1 is 0.270 bits per heavy atom. The predicted octanol–water partition coefficient (Wildman–Crippen LogP) is 9.96. The zero-order valence-corrected chi connectivity index (χ0v) is 20.6. The van der Waals surface area contributed by atoms with Gasteiger partial charge in [0, 0.05) is 6.42 Å². The molecule has 0 N–H and O–H groups in total. The molecule has 6 aromatic carbocycles. The molecule has 175 valence electrons. The van der Waals surface area contributed by atoms with Crippen molar-refractivity contribution in [1.82, 2.24) is 0 Å². The first-order valence-electron chi connectivity index (χ1n) is 12.7. The standard InChI is InChI=1S/C37H27/c1-5-15-28(16-6-1)34-25-13-23-32(36(34)30-19-9-3-10-20-30)27-33-24-14-26-35(29-17-7-2-8-18-29)37(33)31-21-11-4-12-22-31/h1-27H. The highest BCUT2D eigenvalue weighted by Crippen LogP contribution is 2.40. The number of hydrogen-bond donors (Lipinski definition) is 0. The van der Waals surface area contributed by atoms with Gasteiger partial charge < -0.3 is 0 Å². The van der Waals surface area contributed by atoms with Crippen molar-refractivity contribution in [2.45, 2.75) is 0 Å². The van der Waals surface area contributed by atoms with Crippen LogP contribution in [0.5, 0.6) is 0 Å². The molecule has 0 bridgehead atoms. The Kier molecular flexibility index (Phi) is 6.47. The summed E-state index contributed by atoms with van der Waals surface area (Å²) in [6.07, 6.45) is 2.35. The highest BCUT2D eigenvalue weighted by molar-refractivity contribution is 5.90. The first-order valence-corrected chi connectivity index (χ1v) is 12.7. The number of benzene rings is 6. The van der Waals surface area contributed by atoms with Gasteiger partial charge in [0.05, 0.1) is 0 Å². The van der Waals surface area contributed by atoms with E-state index in [4.69, 9.17) is 0 Å². The maximum Gasteiger partial charge on any atom is 0.0212 e. The molecule has 0 aliphatic rings. The fourth-order valence-corrected chi connectivity index (χ4v) is 5.12. The normalized spacial score (nSPS) is 10.8. The number of hydrogen-bond acceptors (Lipinski definition) is 0. The zero-order chi connectivity index (χ0) is 24.9. The summed E-state index contributed by atoms with van der Waals surface area (Å²) in [6.45, 7) is 0. The van der Waals surface area contributed by atoms with Crippen LogP contribution in [0.15, 0.2) is 158 Å². The van der Waals surface area contributed by atoms with Crippen molar-refractivity contribution in [3.8, 4) is 44.5 Å². The van der Waals surface area contributed by atoms with E-state index in [0.717, 1.165) is 0 Å². The molecule has 0 fully saturated rings. The first kappa shape index (κ1) is 22.8. The van der Waals surface area contributed by atoms with Crippen LogP contribution in [0.4, 0.5) is 0 Å². The summed E-state index contributed by atoms with van der Waals surface area (Å²) in [5.74, 6) is 0. The monoisotopic (exact) mass is 471 g/mol. The van der Waals surface area contributed by atoms with Gasteiger partial charge in [-0.1, -0.05) is 158 Å². The van der Waals surface area contributed by atoms with Gasteiger partial charge in [-0.3, -0.25) is 0 Å². The van der Waals surface area contributed by atoms with Crippen molar-refractivity contribution in [1.29, 1.82) is 0 Å². The van der Waals surface area contributed by atoms with Crippen LogP contribution in [0.1, 0.15) is 11.1 Å². The SMILES string of the molecule is [CH](c1cccc(-c2ccccc2)c1-c1ccccc1)c1cccc(-c2ccccc2)c1-c1ccccc1. The largest absolute Gasteiger partial charge is 0.0622 e. The van der Waals surface area contributed by atoms with Gasteiger partial charge >= 0.3 is 0 Å². The molecule has 0 spiro atoms. The highest BCUT2D eigenvalue weighted by atomic mass is 14.2. The fraction of sp³-hybridized carbons (Fsp3) is 0. The van der Waals surface area contributed by atoms with Crippen LogP contribution in [-0.2, 0) is 0 Å². The van der Waals surface area contributed by atoms with E-state index in [2.05, 4.69) is 164 Å². The molecule has 1 radical (unpaired) electrons. The molecule has 0 nitrogen and oxygen atoms in total. The van der Waals surface area contributed by atoms with E-state index in [9.17, 15) is 0 Å². The number of rotatable bonds is 6. The summed E-state index contributed by atoms with van der Waals surface area (Å²) >= 11 is 0. The minimum atomic E-state index is 1.20. The van der Waals surface area contributed by atoms with Crippen molar-refractivity contribution in [2.75, 3.05) is 0 Å². The summed E-state index contributed by atoms with van der Waals surface area (Å²) in [6, 6.07) is 56.1. The smallest absolute Gasteiger partial charge is 0.0212 e. The van der Waals surface area contributed by atoms with Crippen molar-refractivity contribution in [3.05, 3.63) is 175 Å². The molecular formula is C37H27.